The van der Waals surface area contributed by atoms with Crippen LogP contribution in [0.3, 0.4) is 0 Å². The lowest BCUT2D eigenvalue weighted by atomic mass is 10.00. The molecule has 2 aromatic carbocycles. The number of rotatable bonds is 12. The molecule has 0 bridgehead atoms. The Morgan fingerprint density at radius 2 is 1.21 bits per heavy atom. The van der Waals surface area contributed by atoms with Crippen LogP contribution in [0.1, 0.15) is 33.6 Å². The minimum atomic E-state index is -4.54. The molecule has 0 unspecified atom stereocenters. The topological polar surface area (TPSA) is 249 Å². The van der Waals surface area contributed by atoms with Crippen LogP contribution < -0.4 is 36.9 Å². The molecule has 2 aliphatic rings. The van der Waals surface area contributed by atoms with Crippen molar-refractivity contribution in [1.29, 1.82) is 0 Å². The first-order valence-electron chi connectivity index (χ1n) is 22.2. The Morgan fingerprint density at radius 1 is 0.707 bits per heavy atom. The van der Waals surface area contributed by atoms with Gasteiger partial charge < -0.3 is 41.8 Å². The zero-order chi connectivity index (χ0) is 54.2. The molecule has 0 radical (unpaired) electrons. The zero-order valence-corrected chi connectivity index (χ0v) is 40.9. The molecule has 0 spiro atoms. The van der Waals surface area contributed by atoms with Gasteiger partial charge in [-0.05, 0) is 49.2 Å². The molecule has 0 saturated heterocycles. The van der Waals surface area contributed by atoms with Gasteiger partial charge in [0, 0.05) is 57.8 Å². The van der Waals surface area contributed by atoms with Crippen LogP contribution in [-0.2, 0) is 39.3 Å². The van der Waals surface area contributed by atoms with E-state index in [1.807, 2.05) is 18.3 Å². The number of alkyl halides is 6. The maximum Gasteiger partial charge on any atom is 0.405 e. The molecule has 0 saturated carbocycles. The fourth-order valence-corrected chi connectivity index (χ4v) is 8.16. The molecule has 0 atom stereocenters. The fourth-order valence-electron chi connectivity index (χ4n) is 7.63. The van der Waals surface area contributed by atoms with Crippen LogP contribution in [0.15, 0.2) is 67.8 Å². The Kier molecular flexibility index (Phi) is 17.3. The third kappa shape index (κ3) is 14.9. The Morgan fingerprint density at radius 3 is 1.69 bits per heavy atom. The molecule has 30 heteroatoms. The van der Waals surface area contributed by atoms with E-state index >= 15 is 0 Å². The first kappa shape index (κ1) is 54.9. The normalized spacial score (nSPS) is 12.8. The average Bonchev–Trinajstić information content (AvgIpc) is 4.19. The number of fused-ring (bicyclic) bond motifs is 2. The second-order valence-corrected chi connectivity index (χ2v) is 17.3. The molecule has 75 heavy (non-hydrogen) atoms. The zero-order valence-electron chi connectivity index (χ0n) is 39.4. The van der Waals surface area contributed by atoms with Crippen LogP contribution in [0.2, 0.25) is 10.0 Å². The van der Waals surface area contributed by atoms with Gasteiger partial charge in [-0.25, -0.2) is 43.3 Å². The van der Waals surface area contributed by atoms with Crippen LogP contribution >= 0.6 is 23.2 Å². The summed E-state index contributed by atoms with van der Waals surface area (Å²) in [6.07, 6.45) is -0.471. The summed E-state index contributed by atoms with van der Waals surface area (Å²) in [4.78, 5) is 45.2. The molecule has 7 aromatic rings. The number of aryl methyl sites for hydroxylation is 2. The number of hydrogen-bond donors (Lipinski definition) is 5. The highest BCUT2D eigenvalue weighted by Crippen LogP contribution is 2.41. The van der Waals surface area contributed by atoms with Crippen molar-refractivity contribution in [3.8, 4) is 34.0 Å². The van der Waals surface area contributed by atoms with Gasteiger partial charge in [-0.15, -0.1) is 0 Å². The summed E-state index contributed by atoms with van der Waals surface area (Å²) in [6.45, 7) is 3.28. The van der Waals surface area contributed by atoms with E-state index in [4.69, 9.17) is 44.1 Å². The average molecular weight is 1100 g/mol. The highest BCUT2D eigenvalue weighted by atomic mass is 35.5. The molecule has 20 nitrogen and oxygen atoms in total. The Hall–Kier alpha value is -7.85. The number of nitrogens with one attached hydrogen (secondary N) is 3. The lowest BCUT2D eigenvalue weighted by Gasteiger charge is -2.18. The summed E-state index contributed by atoms with van der Waals surface area (Å²) in [5.74, 6) is 0.264. The monoisotopic (exact) mass is 1090 g/mol. The number of halogens is 10. The first-order valence-corrected chi connectivity index (χ1v) is 22.9. The molecule has 5 aromatic heterocycles. The van der Waals surface area contributed by atoms with Crippen molar-refractivity contribution in [3.63, 3.8) is 0 Å². The number of anilines is 2. The smallest absolute Gasteiger partial charge is 0.405 e. The Bertz CT molecular complexity index is 3150. The molecule has 0 aliphatic carbocycles. The number of carbonyl (C=O) groups excluding carboxylic acids is 2. The van der Waals surface area contributed by atoms with Crippen LogP contribution in [0.25, 0.3) is 22.5 Å². The molecule has 2 aliphatic heterocycles. The van der Waals surface area contributed by atoms with E-state index in [0.717, 1.165) is 51.4 Å². The van der Waals surface area contributed by atoms with E-state index in [-0.39, 0.29) is 44.0 Å². The number of nitrogens with two attached hydrogens (primary N) is 2. The number of carbonyl (C=O) groups is 2. The second kappa shape index (κ2) is 23.6. The number of nitrogens with zero attached hydrogens (tertiary/aromatic N) is 11. The minimum Gasteiger partial charge on any atom is -0.491 e. The van der Waals surface area contributed by atoms with Crippen LogP contribution in [0.4, 0.5) is 56.6 Å². The second-order valence-electron chi connectivity index (χ2n) is 16.4. The Labute approximate surface area is 430 Å². The number of ether oxygens (including phenoxy) is 2. The summed E-state index contributed by atoms with van der Waals surface area (Å²) in [5, 5.41) is 15.5. The molecule has 7 N–H and O–H groups in total. The van der Waals surface area contributed by atoms with Gasteiger partial charge in [0.1, 0.15) is 44.1 Å². The summed E-state index contributed by atoms with van der Waals surface area (Å²) in [5.41, 5.74) is 18.8. The van der Waals surface area contributed by atoms with Crippen molar-refractivity contribution in [2.45, 2.75) is 65.5 Å². The van der Waals surface area contributed by atoms with Gasteiger partial charge in [-0.3, -0.25) is 13.9 Å². The van der Waals surface area contributed by atoms with Gasteiger partial charge in [0.15, 0.2) is 11.6 Å². The van der Waals surface area contributed by atoms with E-state index in [0.29, 0.717) is 75.9 Å². The summed E-state index contributed by atoms with van der Waals surface area (Å²) in [6, 6.07) is 5.15. The fraction of sp³-hybridized carbons (Fsp3) is 0.311. The van der Waals surface area contributed by atoms with Crippen molar-refractivity contribution in [1.82, 2.24) is 69.9 Å². The summed E-state index contributed by atoms with van der Waals surface area (Å²) < 4.78 is 114. The van der Waals surface area contributed by atoms with Crippen LogP contribution in [0.5, 0.6) is 11.5 Å². The third-order valence-corrected chi connectivity index (χ3v) is 11.2. The number of nitrogen functional groups attached to an aromatic ring is 2. The molecule has 3 amide bonds. The molecule has 398 valence electrons. The molecule has 9 rings (SSSR count). The van der Waals surface area contributed by atoms with Crippen molar-refractivity contribution in [3.05, 3.63) is 123 Å². The molecule has 7 heterocycles. The van der Waals surface area contributed by atoms with Gasteiger partial charge in [-0.1, -0.05) is 23.2 Å². The Balaban J connectivity index is 0.000000181. The van der Waals surface area contributed by atoms with Crippen molar-refractivity contribution in [2.75, 3.05) is 37.8 Å². The molecule has 0 fully saturated rings. The van der Waals surface area contributed by atoms with E-state index < -0.39 is 43.3 Å². The van der Waals surface area contributed by atoms with E-state index in [2.05, 4.69) is 40.4 Å². The maximum atomic E-state index is 13.2. The maximum absolute atomic E-state index is 13.2. The molecular formula is C45H44Cl2F8N16O4. The van der Waals surface area contributed by atoms with Crippen molar-refractivity contribution in [2.24, 2.45) is 0 Å². The number of urea groups is 1. The number of amides is 3. The van der Waals surface area contributed by atoms with Gasteiger partial charge in [0.25, 0.3) is 0 Å². The first-order chi connectivity index (χ1) is 35.5. The molecular weight excluding hydrogens is 1050 g/mol. The standard InChI is InChI=1S/C21H20ClF4N7O2.C18H18ClFN6O.C6H6F3N3O/c1-11-4-12(22)5-16(35-3-2-33-7-13(23)6-29-33)17(11)18-14-8-32(9-15(14)30-19(27)31-18)20(34)28-10-21(24,25)26;1-10-4-11(19)5-15(27-3-2-26-9-12(20)6-23-26)16(10)17-13-7-22-8-14(13)24-18(21)25-17;7-6(8,9)3-11-5(13)12-2-1-10-4-12/h4-7H,2-3,8-10H2,1H3,(H,28,34)(H2,27,30,31);4-6,9,22H,2-3,7-8H2,1H3,(H2,21,24,25);1-2,4H,3H2,(H,11,13). The lowest BCUT2D eigenvalue weighted by Crippen LogP contribution is -2.41. The highest BCUT2D eigenvalue weighted by Gasteiger charge is 2.34. The lowest BCUT2D eigenvalue weighted by molar-refractivity contribution is -0.123. The predicted octanol–water partition coefficient (Wildman–Crippen LogP) is 7.40. The van der Waals surface area contributed by atoms with E-state index in [1.165, 1.54) is 39.1 Å². The van der Waals surface area contributed by atoms with Gasteiger partial charge in [-0.2, -0.15) is 36.5 Å². The van der Waals surface area contributed by atoms with E-state index in [9.17, 15) is 44.7 Å². The van der Waals surface area contributed by atoms with Crippen LogP contribution in [-0.4, -0.2) is 105 Å². The van der Waals surface area contributed by atoms with Crippen LogP contribution in [0, 0.1) is 25.5 Å². The van der Waals surface area contributed by atoms with Gasteiger partial charge in [0.05, 0.1) is 73.7 Å². The summed E-state index contributed by atoms with van der Waals surface area (Å²) >= 11 is 12.5. The number of aromatic nitrogens is 10. The summed E-state index contributed by atoms with van der Waals surface area (Å²) in [7, 11) is 0. The SMILES string of the molecule is Cc1cc(Cl)cc(OCCn2cc(F)cn2)c1-c1nc(N)nc2c1CN(C(=O)NCC(F)(F)F)C2.Cc1cc(Cl)cc(OCCn2cc(F)cn2)c1-c1nc(N)nc2c1CNC2.O=C(NCC(F)(F)F)n1ccnc1. The van der Waals surface area contributed by atoms with Gasteiger partial charge in [0.2, 0.25) is 11.9 Å². The minimum absolute atomic E-state index is 0.0251. The van der Waals surface area contributed by atoms with Gasteiger partial charge >= 0.3 is 24.4 Å². The van der Waals surface area contributed by atoms with E-state index in [1.54, 1.807) is 30.4 Å². The quantitative estimate of drug-likeness (QED) is 0.0749. The number of benzene rings is 2. The predicted molar refractivity (Wildman–Crippen MR) is 255 cm³/mol. The number of imidazole rings is 1. The number of hydrogen-bond acceptors (Lipinski definition) is 14. The largest absolute Gasteiger partial charge is 0.491 e. The van der Waals surface area contributed by atoms with Crippen molar-refractivity contribution >= 4 is 47.2 Å². The third-order valence-electron chi connectivity index (χ3n) is 10.8. The van der Waals surface area contributed by atoms with Crippen molar-refractivity contribution < 1.29 is 54.2 Å². The highest BCUT2D eigenvalue weighted by molar-refractivity contribution is 6.31.